The first-order valence-electron chi connectivity index (χ1n) is 7.38. The lowest BCUT2D eigenvalue weighted by atomic mass is 10.1. The van der Waals surface area contributed by atoms with Crippen LogP contribution in [0.1, 0.15) is 36.2 Å². The molecule has 0 aliphatic rings. The van der Waals surface area contributed by atoms with Gasteiger partial charge in [0.15, 0.2) is 0 Å². The Labute approximate surface area is 132 Å². The molecule has 1 rings (SSSR count). The van der Waals surface area contributed by atoms with Gasteiger partial charge in [0, 0.05) is 31.8 Å². The number of benzene rings is 1. The van der Waals surface area contributed by atoms with E-state index in [2.05, 4.69) is 5.32 Å². The molecule has 0 fully saturated rings. The summed E-state index contributed by atoms with van der Waals surface area (Å²) in [4.78, 5) is 12.2. The molecule has 0 unspecified atom stereocenters. The smallest absolute Gasteiger partial charge is 0.251 e. The molecule has 1 aromatic rings. The highest BCUT2D eigenvalue weighted by Gasteiger charge is 2.23. The van der Waals surface area contributed by atoms with Gasteiger partial charge in [-0.3, -0.25) is 4.79 Å². The van der Waals surface area contributed by atoms with Crippen LogP contribution >= 0.6 is 0 Å². The molecule has 0 aliphatic heterocycles. The first-order valence-corrected chi connectivity index (χ1v) is 8.82. The fourth-order valence-electron chi connectivity index (χ4n) is 2.09. The van der Waals surface area contributed by atoms with Crippen LogP contribution in [0, 0.1) is 6.92 Å². The number of nitrogens with one attached hydrogen (secondary N) is 1. The lowest BCUT2D eigenvalue weighted by Crippen LogP contribution is -2.31. The minimum absolute atomic E-state index is 0.00432. The van der Waals surface area contributed by atoms with Crippen LogP contribution in [0.25, 0.3) is 0 Å². The van der Waals surface area contributed by atoms with Crippen LogP contribution in [-0.4, -0.2) is 50.0 Å². The molecule has 0 saturated heterocycles. The van der Waals surface area contributed by atoms with Crippen LogP contribution in [-0.2, 0) is 10.0 Å². The first kappa shape index (κ1) is 18.6. The van der Waals surface area contributed by atoms with Gasteiger partial charge in [0.2, 0.25) is 10.0 Å². The van der Waals surface area contributed by atoms with Gasteiger partial charge in [0.1, 0.15) is 0 Å². The molecule has 0 heterocycles. The zero-order chi connectivity index (χ0) is 16.8. The summed E-state index contributed by atoms with van der Waals surface area (Å²) in [5, 5.41) is 11.4. The molecule has 2 N–H and O–H groups in total. The van der Waals surface area contributed by atoms with Crippen LogP contribution < -0.4 is 5.32 Å². The Morgan fingerprint density at radius 2 is 1.91 bits per heavy atom. The number of aliphatic hydroxyl groups excluding tert-OH is 1. The summed E-state index contributed by atoms with van der Waals surface area (Å²) in [6, 6.07) is 4.57. The summed E-state index contributed by atoms with van der Waals surface area (Å²) >= 11 is 0. The highest BCUT2D eigenvalue weighted by molar-refractivity contribution is 7.89. The molecule has 1 aromatic carbocycles. The van der Waals surface area contributed by atoms with Crippen LogP contribution in [0.3, 0.4) is 0 Å². The van der Waals surface area contributed by atoms with Crippen molar-refractivity contribution in [2.75, 3.05) is 26.2 Å². The number of hydrogen-bond donors (Lipinski definition) is 2. The molecule has 0 bridgehead atoms. The van der Waals surface area contributed by atoms with Crippen molar-refractivity contribution < 1.29 is 18.3 Å². The fraction of sp³-hybridized carbons (Fsp3) is 0.533. The molecular weight excluding hydrogens is 304 g/mol. The van der Waals surface area contributed by atoms with Crippen molar-refractivity contribution in [2.24, 2.45) is 0 Å². The van der Waals surface area contributed by atoms with Crippen molar-refractivity contribution >= 4 is 15.9 Å². The Kier molecular flexibility index (Phi) is 6.99. The lowest BCUT2D eigenvalue weighted by molar-refractivity contribution is 0.0950. The van der Waals surface area contributed by atoms with E-state index in [9.17, 15) is 13.2 Å². The van der Waals surface area contributed by atoms with Gasteiger partial charge in [-0.05, 0) is 31.0 Å². The lowest BCUT2D eigenvalue weighted by Gasteiger charge is -2.19. The third-order valence-electron chi connectivity index (χ3n) is 3.42. The van der Waals surface area contributed by atoms with Crippen molar-refractivity contribution in [3.8, 4) is 0 Å². The van der Waals surface area contributed by atoms with Crippen molar-refractivity contribution in [3.63, 3.8) is 0 Å². The van der Waals surface area contributed by atoms with Gasteiger partial charge >= 0.3 is 0 Å². The molecule has 0 aromatic heterocycles. The normalized spacial score (nSPS) is 11.7. The summed E-state index contributed by atoms with van der Waals surface area (Å²) in [5.74, 6) is -0.331. The second kappa shape index (κ2) is 8.26. The number of rotatable bonds is 8. The van der Waals surface area contributed by atoms with E-state index < -0.39 is 10.0 Å². The molecule has 0 spiro atoms. The molecule has 0 radical (unpaired) electrons. The molecule has 124 valence electrons. The number of aryl methyl sites for hydroxylation is 1. The maximum absolute atomic E-state index is 12.5. The van der Waals surface area contributed by atoms with Gasteiger partial charge in [-0.1, -0.05) is 19.9 Å². The number of amides is 1. The molecule has 0 aliphatic carbocycles. The molecule has 0 saturated carbocycles. The van der Waals surface area contributed by atoms with E-state index in [4.69, 9.17) is 5.11 Å². The summed E-state index contributed by atoms with van der Waals surface area (Å²) in [6.07, 6.45) is 0.461. The van der Waals surface area contributed by atoms with Gasteiger partial charge < -0.3 is 10.4 Å². The number of carbonyl (C=O) groups excluding carboxylic acids is 1. The van der Waals surface area contributed by atoms with Crippen molar-refractivity contribution in [3.05, 3.63) is 29.3 Å². The van der Waals surface area contributed by atoms with Crippen LogP contribution in [0.2, 0.25) is 0 Å². The van der Waals surface area contributed by atoms with Crippen LogP contribution in [0.4, 0.5) is 0 Å². The van der Waals surface area contributed by atoms with E-state index in [1.54, 1.807) is 26.8 Å². The molecule has 1 amide bonds. The molecule has 7 heteroatoms. The van der Waals surface area contributed by atoms with Crippen LogP contribution in [0.15, 0.2) is 23.1 Å². The Bertz CT molecular complexity index is 610. The van der Waals surface area contributed by atoms with E-state index in [0.29, 0.717) is 37.2 Å². The quantitative estimate of drug-likeness (QED) is 0.701. The number of aliphatic hydroxyl groups is 1. The molecule has 6 nitrogen and oxygen atoms in total. The van der Waals surface area contributed by atoms with Crippen molar-refractivity contribution in [1.82, 2.24) is 9.62 Å². The zero-order valence-electron chi connectivity index (χ0n) is 13.3. The van der Waals surface area contributed by atoms with Crippen molar-refractivity contribution in [1.29, 1.82) is 0 Å². The largest absolute Gasteiger partial charge is 0.396 e. The minimum atomic E-state index is -3.59. The van der Waals surface area contributed by atoms with Gasteiger partial charge in [-0.25, -0.2) is 8.42 Å². The minimum Gasteiger partial charge on any atom is -0.396 e. The predicted molar refractivity (Wildman–Crippen MR) is 85.3 cm³/mol. The molecule has 22 heavy (non-hydrogen) atoms. The number of carbonyl (C=O) groups is 1. The second-order valence-corrected chi connectivity index (χ2v) is 6.84. The predicted octanol–water partition coefficient (Wildman–Crippen LogP) is 1.14. The summed E-state index contributed by atoms with van der Waals surface area (Å²) in [5.41, 5.74) is 1.05. The highest BCUT2D eigenvalue weighted by Crippen LogP contribution is 2.19. The van der Waals surface area contributed by atoms with E-state index in [-0.39, 0.29) is 17.4 Å². The van der Waals surface area contributed by atoms with Gasteiger partial charge in [0.25, 0.3) is 5.91 Å². The topological polar surface area (TPSA) is 86.7 Å². The number of sulfonamides is 1. The molecule has 0 atom stereocenters. The van der Waals surface area contributed by atoms with Gasteiger partial charge in [0.05, 0.1) is 4.90 Å². The summed E-state index contributed by atoms with van der Waals surface area (Å²) in [7, 11) is -3.59. The molecular formula is C15H24N2O4S. The van der Waals surface area contributed by atoms with Gasteiger partial charge in [-0.15, -0.1) is 0 Å². The van der Waals surface area contributed by atoms with E-state index in [1.807, 2.05) is 0 Å². The maximum atomic E-state index is 12.5. The van der Waals surface area contributed by atoms with Crippen molar-refractivity contribution in [2.45, 2.75) is 32.1 Å². The average Bonchev–Trinajstić information content (AvgIpc) is 2.48. The summed E-state index contributed by atoms with van der Waals surface area (Å²) in [6.45, 7) is 6.41. The second-order valence-electron chi connectivity index (χ2n) is 4.90. The SMILES string of the molecule is CCN(CC)S(=O)(=O)c1ccc(C)c(C(=O)NCCCO)c1. The first-order chi connectivity index (χ1) is 10.4. The zero-order valence-corrected chi connectivity index (χ0v) is 14.1. The standard InChI is InChI=1S/C15H24N2O4S/c1-4-17(5-2)22(20,21)13-8-7-12(3)14(11-13)15(19)16-9-6-10-18/h7-8,11,18H,4-6,9-10H2,1-3H3,(H,16,19). The van der Waals surface area contributed by atoms with E-state index in [1.165, 1.54) is 16.4 Å². The third kappa shape index (κ3) is 4.28. The Morgan fingerprint density at radius 3 is 2.45 bits per heavy atom. The van der Waals surface area contributed by atoms with Crippen LogP contribution in [0.5, 0.6) is 0 Å². The summed E-state index contributed by atoms with van der Waals surface area (Å²) < 4.78 is 26.4. The monoisotopic (exact) mass is 328 g/mol. The third-order valence-corrected chi connectivity index (χ3v) is 5.46. The Morgan fingerprint density at radius 1 is 1.27 bits per heavy atom. The van der Waals surface area contributed by atoms with Gasteiger partial charge in [-0.2, -0.15) is 4.31 Å². The average molecular weight is 328 g/mol. The maximum Gasteiger partial charge on any atom is 0.251 e. The van der Waals surface area contributed by atoms with E-state index in [0.717, 1.165) is 0 Å². The Balaban J connectivity index is 3.11. The number of hydrogen-bond acceptors (Lipinski definition) is 4. The fourth-order valence-corrected chi connectivity index (χ4v) is 3.58. The number of nitrogens with zero attached hydrogens (tertiary/aromatic N) is 1. The van der Waals surface area contributed by atoms with E-state index >= 15 is 0 Å². The highest BCUT2D eigenvalue weighted by atomic mass is 32.2. The Hall–Kier alpha value is -1.44.